The number of nitrogens with zero attached hydrogens (tertiary/aromatic N) is 2. The van der Waals surface area contributed by atoms with Gasteiger partial charge in [-0.15, -0.1) is 0 Å². The first kappa shape index (κ1) is 7.18. The van der Waals surface area contributed by atoms with Gasteiger partial charge in [-0.25, -0.2) is 9.97 Å². The zero-order chi connectivity index (χ0) is 7.84. The van der Waals surface area contributed by atoms with Gasteiger partial charge in [-0.3, -0.25) is 0 Å². The molecule has 0 fully saturated rings. The Kier molecular flexibility index (Phi) is 1.65. The molecule has 0 aromatic carbocycles. The first-order valence-corrected chi connectivity index (χ1v) is 4.69. The van der Waals surface area contributed by atoms with E-state index in [2.05, 4.69) is 9.97 Å². The summed E-state index contributed by atoms with van der Waals surface area (Å²) < 4.78 is 0. The Bertz CT molecular complexity index is 302. The molecule has 1 aliphatic rings. The molecule has 58 valence electrons. The average molecular weight is 188 g/mol. The normalized spacial score (nSPS) is 15.0. The highest BCUT2D eigenvalue weighted by Crippen LogP contribution is 2.32. The molecule has 0 radical (unpaired) electrons. The first-order chi connectivity index (χ1) is 5.27. The van der Waals surface area contributed by atoms with Gasteiger partial charge < -0.3 is 5.73 Å². The van der Waals surface area contributed by atoms with Gasteiger partial charge in [-0.2, -0.15) is 11.8 Å². The fourth-order valence-corrected chi connectivity index (χ4v) is 2.41. The topological polar surface area (TPSA) is 51.8 Å². The largest absolute Gasteiger partial charge is 0.368 e. The van der Waals surface area contributed by atoms with Crippen LogP contribution in [0.5, 0.6) is 0 Å². The molecule has 3 nitrogen and oxygen atoms in total. The standard InChI is InChI=1S/C6H6ClN3S/c7-5-3-1-11-2-4(3)9-6(8)10-5/h1-2H2,(H2,8,9,10). The van der Waals surface area contributed by atoms with Crippen molar-refractivity contribution >= 4 is 29.3 Å². The summed E-state index contributed by atoms with van der Waals surface area (Å²) in [6.45, 7) is 0. The smallest absolute Gasteiger partial charge is 0.221 e. The summed E-state index contributed by atoms with van der Waals surface area (Å²) in [5.74, 6) is 2.09. The van der Waals surface area contributed by atoms with Crippen LogP contribution in [0.4, 0.5) is 5.95 Å². The number of anilines is 1. The van der Waals surface area contributed by atoms with Gasteiger partial charge in [0.25, 0.3) is 0 Å². The molecule has 0 atom stereocenters. The van der Waals surface area contributed by atoms with Crippen LogP contribution in [0.15, 0.2) is 0 Å². The molecule has 1 aromatic heterocycles. The molecule has 11 heavy (non-hydrogen) atoms. The van der Waals surface area contributed by atoms with Gasteiger partial charge >= 0.3 is 0 Å². The molecule has 0 spiro atoms. The van der Waals surface area contributed by atoms with Crippen molar-refractivity contribution in [3.05, 3.63) is 16.4 Å². The van der Waals surface area contributed by atoms with Crippen LogP contribution in [0.25, 0.3) is 0 Å². The van der Waals surface area contributed by atoms with Crippen molar-refractivity contribution in [2.24, 2.45) is 0 Å². The van der Waals surface area contributed by atoms with Gasteiger partial charge in [0.05, 0.1) is 5.69 Å². The highest BCUT2D eigenvalue weighted by molar-refractivity contribution is 7.98. The molecule has 0 amide bonds. The van der Waals surface area contributed by atoms with E-state index in [-0.39, 0.29) is 5.95 Å². The molecule has 2 rings (SSSR count). The van der Waals surface area contributed by atoms with Crippen molar-refractivity contribution in [1.82, 2.24) is 9.97 Å². The lowest BCUT2D eigenvalue weighted by atomic mass is 10.3. The Morgan fingerprint density at radius 2 is 2.18 bits per heavy atom. The molecule has 0 bridgehead atoms. The summed E-state index contributed by atoms with van der Waals surface area (Å²) in [5, 5.41) is 0.512. The van der Waals surface area contributed by atoms with E-state index in [9.17, 15) is 0 Å². The van der Waals surface area contributed by atoms with Crippen molar-refractivity contribution < 1.29 is 0 Å². The van der Waals surface area contributed by atoms with E-state index in [4.69, 9.17) is 17.3 Å². The van der Waals surface area contributed by atoms with Crippen LogP contribution in [0, 0.1) is 0 Å². The number of aromatic nitrogens is 2. The van der Waals surface area contributed by atoms with Crippen LogP contribution >= 0.6 is 23.4 Å². The maximum atomic E-state index is 5.83. The maximum Gasteiger partial charge on any atom is 0.221 e. The molecular weight excluding hydrogens is 182 g/mol. The second kappa shape index (κ2) is 2.53. The minimum atomic E-state index is 0.274. The number of nitrogens with two attached hydrogens (primary N) is 1. The maximum absolute atomic E-state index is 5.83. The fraction of sp³-hybridized carbons (Fsp3) is 0.333. The summed E-state index contributed by atoms with van der Waals surface area (Å²) >= 11 is 7.61. The zero-order valence-electron chi connectivity index (χ0n) is 5.67. The second-order valence-electron chi connectivity index (χ2n) is 2.29. The number of rotatable bonds is 0. The van der Waals surface area contributed by atoms with Gasteiger partial charge in [0.15, 0.2) is 0 Å². The lowest BCUT2D eigenvalue weighted by molar-refractivity contribution is 1.08. The zero-order valence-corrected chi connectivity index (χ0v) is 7.24. The number of hydrogen-bond acceptors (Lipinski definition) is 4. The van der Waals surface area contributed by atoms with Gasteiger partial charge in [0.1, 0.15) is 5.15 Å². The summed E-state index contributed by atoms with van der Waals surface area (Å²) in [6, 6.07) is 0. The van der Waals surface area contributed by atoms with Crippen molar-refractivity contribution in [1.29, 1.82) is 0 Å². The molecule has 0 aliphatic carbocycles. The highest BCUT2D eigenvalue weighted by atomic mass is 35.5. The number of fused-ring (bicyclic) bond motifs is 1. The SMILES string of the molecule is Nc1nc(Cl)c2c(n1)CSC2. The summed E-state index contributed by atoms with van der Waals surface area (Å²) in [6.07, 6.45) is 0. The molecule has 0 saturated carbocycles. The Labute approximate surface area is 73.4 Å². The predicted molar refractivity (Wildman–Crippen MR) is 46.5 cm³/mol. The third-order valence-electron chi connectivity index (χ3n) is 1.54. The van der Waals surface area contributed by atoms with E-state index in [1.54, 1.807) is 11.8 Å². The second-order valence-corrected chi connectivity index (χ2v) is 3.63. The first-order valence-electron chi connectivity index (χ1n) is 3.16. The van der Waals surface area contributed by atoms with Crippen molar-refractivity contribution in [2.45, 2.75) is 11.5 Å². The minimum Gasteiger partial charge on any atom is -0.368 e. The lowest BCUT2D eigenvalue weighted by Crippen LogP contribution is -1.99. The average Bonchev–Trinajstić information content (AvgIpc) is 2.34. The van der Waals surface area contributed by atoms with Crippen molar-refractivity contribution in [3.63, 3.8) is 0 Å². The Balaban J connectivity index is 2.60. The molecule has 2 N–H and O–H groups in total. The van der Waals surface area contributed by atoms with E-state index in [1.165, 1.54) is 0 Å². The molecule has 1 aliphatic heterocycles. The molecule has 5 heteroatoms. The highest BCUT2D eigenvalue weighted by Gasteiger charge is 2.17. The number of thioether (sulfide) groups is 1. The van der Waals surface area contributed by atoms with Gasteiger partial charge in [0.2, 0.25) is 5.95 Å². The van der Waals surface area contributed by atoms with Crippen LogP contribution < -0.4 is 5.73 Å². The molecule has 1 aromatic rings. The van der Waals surface area contributed by atoms with E-state index < -0.39 is 0 Å². The van der Waals surface area contributed by atoms with Gasteiger partial charge in [-0.05, 0) is 0 Å². The number of nitrogen functional groups attached to an aromatic ring is 1. The third-order valence-corrected chi connectivity index (χ3v) is 2.83. The van der Waals surface area contributed by atoms with E-state index in [0.29, 0.717) is 5.15 Å². The summed E-state index contributed by atoms with van der Waals surface area (Å²) in [4.78, 5) is 7.94. The quantitative estimate of drug-likeness (QED) is 0.625. The monoisotopic (exact) mass is 187 g/mol. The Hall–Kier alpha value is -0.480. The third kappa shape index (κ3) is 1.16. The van der Waals surface area contributed by atoms with Crippen LogP contribution in [-0.4, -0.2) is 9.97 Å². The molecule has 0 saturated heterocycles. The minimum absolute atomic E-state index is 0.274. The van der Waals surface area contributed by atoms with Crippen LogP contribution in [-0.2, 0) is 11.5 Å². The van der Waals surface area contributed by atoms with E-state index in [1.807, 2.05) is 0 Å². The number of halogens is 1. The number of hydrogen-bond donors (Lipinski definition) is 1. The van der Waals surface area contributed by atoms with Crippen molar-refractivity contribution in [3.8, 4) is 0 Å². The van der Waals surface area contributed by atoms with Crippen LogP contribution in [0.3, 0.4) is 0 Å². The fourth-order valence-electron chi connectivity index (χ4n) is 1.03. The van der Waals surface area contributed by atoms with Gasteiger partial charge in [0, 0.05) is 17.1 Å². The predicted octanol–water partition coefficient (Wildman–Crippen LogP) is 1.46. The van der Waals surface area contributed by atoms with Crippen LogP contribution in [0.2, 0.25) is 5.15 Å². The summed E-state index contributed by atoms with van der Waals surface area (Å²) in [7, 11) is 0. The van der Waals surface area contributed by atoms with Gasteiger partial charge in [-0.1, -0.05) is 11.6 Å². The van der Waals surface area contributed by atoms with Crippen molar-refractivity contribution in [2.75, 3.05) is 5.73 Å². The molecule has 2 heterocycles. The molecule has 0 unspecified atom stereocenters. The Morgan fingerprint density at radius 3 is 3.00 bits per heavy atom. The Morgan fingerprint density at radius 1 is 1.36 bits per heavy atom. The van der Waals surface area contributed by atoms with E-state index in [0.717, 1.165) is 22.8 Å². The van der Waals surface area contributed by atoms with Crippen LogP contribution in [0.1, 0.15) is 11.3 Å². The lowest BCUT2D eigenvalue weighted by Gasteiger charge is -1.99. The summed E-state index contributed by atoms with van der Waals surface area (Å²) in [5.41, 5.74) is 7.46. The van der Waals surface area contributed by atoms with E-state index >= 15 is 0 Å². The molecular formula is C6H6ClN3S.